The number of amides is 2. The number of rotatable bonds is 2. The van der Waals surface area contributed by atoms with Crippen LogP contribution in [0.2, 0.25) is 0 Å². The molecule has 0 bridgehead atoms. The molecule has 0 saturated heterocycles. The summed E-state index contributed by atoms with van der Waals surface area (Å²) < 4.78 is 0. The molecule has 4 heteroatoms. The van der Waals surface area contributed by atoms with Gasteiger partial charge < -0.3 is 0 Å². The van der Waals surface area contributed by atoms with Crippen molar-refractivity contribution in [3.8, 4) is 0 Å². The Bertz CT molecular complexity index is 558. The molecule has 0 fully saturated rings. The van der Waals surface area contributed by atoms with Crippen LogP contribution in [0.25, 0.3) is 0 Å². The highest BCUT2D eigenvalue weighted by Gasteiger charge is 2.29. The molecule has 0 unspecified atom stereocenters. The van der Waals surface area contributed by atoms with Gasteiger partial charge in [0.25, 0.3) is 11.8 Å². The molecule has 0 radical (unpaired) electrons. The van der Waals surface area contributed by atoms with Crippen LogP contribution in [0.3, 0.4) is 0 Å². The summed E-state index contributed by atoms with van der Waals surface area (Å²) in [5.41, 5.74) is 1.32. The summed E-state index contributed by atoms with van der Waals surface area (Å²) >= 11 is 0. The zero-order chi connectivity index (χ0) is 12.6. The second-order valence-corrected chi connectivity index (χ2v) is 3.91. The molecule has 2 amide bonds. The Kier molecular flexibility index (Phi) is 2.63. The molecule has 1 aliphatic rings. The monoisotopic (exact) mass is 229 g/mol. The summed E-state index contributed by atoms with van der Waals surface area (Å²) in [7, 11) is 0. The van der Waals surface area contributed by atoms with E-state index in [-0.39, 0.29) is 17.6 Å². The first kappa shape index (κ1) is 11.3. The predicted octanol–water partition coefficient (Wildman–Crippen LogP) is 1.71. The second-order valence-electron chi connectivity index (χ2n) is 3.91. The highest BCUT2D eigenvalue weighted by Crippen LogP contribution is 2.23. The van der Waals surface area contributed by atoms with E-state index in [1.165, 1.54) is 13.0 Å². The Morgan fingerprint density at radius 3 is 2.47 bits per heavy atom. The summed E-state index contributed by atoms with van der Waals surface area (Å²) in [6.45, 7) is 3.03. The summed E-state index contributed by atoms with van der Waals surface area (Å²) in [5.74, 6) is -0.806. The van der Waals surface area contributed by atoms with Gasteiger partial charge in [0.15, 0.2) is 5.78 Å². The minimum Gasteiger partial charge on any atom is -0.295 e. The van der Waals surface area contributed by atoms with E-state index < -0.39 is 0 Å². The number of carbonyl (C=O) groups is 3. The van der Waals surface area contributed by atoms with Crippen LogP contribution in [0.5, 0.6) is 0 Å². The zero-order valence-corrected chi connectivity index (χ0v) is 9.56. The quantitative estimate of drug-likeness (QED) is 0.573. The van der Waals surface area contributed by atoms with Crippen molar-refractivity contribution in [2.75, 3.05) is 4.90 Å². The van der Waals surface area contributed by atoms with E-state index in [1.54, 1.807) is 31.2 Å². The van der Waals surface area contributed by atoms with Crippen molar-refractivity contribution in [1.82, 2.24) is 0 Å². The van der Waals surface area contributed by atoms with Gasteiger partial charge in [0.1, 0.15) is 0 Å². The maximum absolute atomic E-state index is 11.7. The Hall–Kier alpha value is -2.23. The first-order valence-corrected chi connectivity index (χ1v) is 5.18. The van der Waals surface area contributed by atoms with E-state index in [4.69, 9.17) is 0 Å². The van der Waals surface area contributed by atoms with Crippen LogP contribution in [0.1, 0.15) is 24.2 Å². The maximum Gasteiger partial charge on any atom is 0.261 e. The number of anilines is 1. The van der Waals surface area contributed by atoms with E-state index in [9.17, 15) is 14.4 Å². The fraction of sp³-hybridized carbons (Fsp3) is 0.154. The lowest BCUT2D eigenvalue weighted by molar-refractivity contribution is -0.120. The third-order valence-electron chi connectivity index (χ3n) is 2.61. The molecule has 4 nitrogen and oxygen atoms in total. The van der Waals surface area contributed by atoms with Gasteiger partial charge in [-0.05, 0) is 26.0 Å². The molecule has 1 heterocycles. The zero-order valence-electron chi connectivity index (χ0n) is 9.56. The van der Waals surface area contributed by atoms with Gasteiger partial charge in [0, 0.05) is 17.2 Å². The molecule has 0 saturated carbocycles. The molecule has 17 heavy (non-hydrogen) atoms. The number of hydrogen-bond donors (Lipinski definition) is 0. The molecule has 1 aromatic rings. The first-order chi connectivity index (χ1) is 8.00. The molecular weight excluding hydrogens is 218 g/mol. The van der Waals surface area contributed by atoms with Crippen LogP contribution in [0.15, 0.2) is 35.9 Å². The molecule has 0 aromatic heterocycles. The van der Waals surface area contributed by atoms with Crippen LogP contribution in [-0.2, 0) is 9.59 Å². The number of ketones is 1. The van der Waals surface area contributed by atoms with Gasteiger partial charge >= 0.3 is 0 Å². The Morgan fingerprint density at radius 1 is 1.24 bits per heavy atom. The van der Waals surface area contributed by atoms with Gasteiger partial charge in [-0.25, -0.2) is 4.90 Å². The average molecular weight is 229 g/mol. The first-order valence-electron chi connectivity index (χ1n) is 5.18. The lowest BCUT2D eigenvalue weighted by Gasteiger charge is -2.14. The number of nitrogens with zero attached hydrogens (tertiary/aromatic N) is 1. The molecular formula is C13H11NO3. The lowest BCUT2D eigenvalue weighted by Crippen LogP contribution is -2.30. The van der Waals surface area contributed by atoms with Crippen LogP contribution < -0.4 is 4.90 Å². The van der Waals surface area contributed by atoms with Crippen molar-refractivity contribution in [3.05, 3.63) is 41.5 Å². The average Bonchev–Trinajstić information content (AvgIpc) is 2.53. The number of benzene rings is 1. The fourth-order valence-electron chi connectivity index (χ4n) is 1.70. The van der Waals surface area contributed by atoms with Crippen molar-refractivity contribution in [2.45, 2.75) is 13.8 Å². The Labute approximate surface area is 98.5 Å². The summed E-state index contributed by atoms with van der Waals surface area (Å²) in [5, 5.41) is 0. The van der Waals surface area contributed by atoms with E-state index in [1.807, 2.05) is 0 Å². The predicted molar refractivity (Wildman–Crippen MR) is 62.7 cm³/mol. The Balaban J connectivity index is 2.42. The second kappa shape index (κ2) is 3.97. The fourth-order valence-corrected chi connectivity index (χ4v) is 1.70. The van der Waals surface area contributed by atoms with Gasteiger partial charge in [0.05, 0.1) is 5.69 Å². The molecule has 1 aliphatic heterocycles. The molecule has 0 aliphatic carbocycles. The van der Waals surface area contributed by atoms with Crippen LogP contribution in [0, 0.1) is 0 Å². The maximum atomic E-state index is 11.7. The standard InChI is InChI=1S/C13H11NO3/c1-8-6-12(16)14(13(8)17)11-5-3-4-10(7-11)9(2)15/h3-7H,1-2H3. The van der Waals surface area contributed by atoms with E-state index >= 15 is 0 Å². The summed E-state index contributed by atoms with van der Waals surface area (Å²) in [4.78, 5) is 35.7. The van der Waals surface area contributed by atoms with Gasteiger partial charge in [-0.15, -0.1) is 0 Å². The molecule has 2 rings (SSSR count). The highest BCUT2D eigenvalue weighted by atomic mass is 16.2. The van der Waals surface area contributed by atoms with E-state index in [2.05, 4.69) is 0 Å². The van der Waals surface area contributed by atoms with Crippen LogP contribution in [0.4, 0.5) is 5.69 Å². The van der Waals surface area contributed by atoms with E-state index in [0.717, 1.165) is 4.90 Å². The van der Waals surface area contributed by atoms with Crippen molar-refractivity contribution in [1.29, 1.82) is 0 Å². The van der Waals surface area contributed by atoms with Gasteiger partial charge in [-0.2, -0.15) is 0 Å². The van der Waals surface area contributed by atoms with Crippen molar-refractivity contribution < 1.29 is 14.4 Å². The lowest BCUT2D eigenvalue weighted by atomic mass is 10.1. The highest BCUT2D eigenvalue weighted by molar-refractivity contribution is 6.30. The van der Waals surface area contributed by atoms with Crippen LogP contribution >= 0.6 is 0 Å². The van der Waals surface area contributed by atoms with Crippen molar-refractivity contribution in [3.63, 3.8) is 0 Å². The number of imide groups is 1. The van der Waals surface area contributed by atoms with Crippen LogP contribution in [-0.4, -0.2) is 17.6 Å². The number of hydrogen-bond acceptors (Lipinski definition) is 3. The van der Waals surface area contributed by atoms with Gasteiger partial charge in [-0.3, -0.25) is 14.4 Å². The Morgan fingerprint density at radius 2 is 1.94 bits per heavy atom. The molecule has 0 N–H and O–H groups in total. The SMILES string of the molecule is CC(=O)c1cccc(N2C(=O)C=C(C)C2=O)c1. The molecule has 0 spiro atoms. The normalized spacial score (nSPS) is 15.2. The summed E-state index contributed by atoms with van der Waals surface area (Å²) in [6, 6.07) is 6.48. The smallest absolute Gasteiger partial charge is 0.261 e. The largest absolute Gasteiger partial charge is 0.295 e. The third kappa shape index (κ3) is 1.89. The minimum atomic E-state index is -0.367. The molecule has 0 atom stereocenters. The molecule has 86 valence electrons. The molecule has 1 aromatic carbocycles. The summed E-state index contributed by atoms with van der Waals surface area (Å²) in [6.07, 6.45) is 1.29. The van der Waals surface area contributed by atoms with E-state index in [0.29, 0.717) is 16.8 Å². The van der Waals surface area contributed by atoms with Crippen molar-refractivity contribution in [2.24, 2.45) is 0 Å². The minimum absolute atomic E-state index is 0.101. The van der Waals surface area contributed by atoms with Crippen molar-refractivity contribution >= 4 is 23.3 Å². The number of carbonyl (C=O) groups excluding carboxylic acids is 3. The third-order valence-corrected chi connectivity index (χ3v) is 2.61. The number of Topliss-reactive ketones (excluding diaryl/α,β-unsaturated/α-hetero) is 1. The van der Waals surface area contributed by atoms with Gasteiger partial charge in [0.2, 0.25) is 0 Å². The van der Waals surface area contributed by atoms with Gasteiger partial charge in [-0.1, -0.05) is 12.1 Å². The topological polar surface area (TPSA) is 54.5 Å².